The van der Waals surface area contributed by atoms with Crippen LogP contribution < -0.4 is 5.32 Å². The molecule has 1 N–H and O–H groups in total. The molecular weight excluding hydrogens is 184 g/mol. The zero-order valence-corrected chi connectivity index (χ0v) is 10.0. The second kappa shape index (κ2) is 4.11. The second-order valence-electron chi connectivity index (χ2n) is 5.10. The van der Waals surface area contributed by atoms with Crippen LogP contribution in [0.2, 0.25) is 0 Å². The van der Waals surface area contributed by atoms with Crippen LogP contribution in [0, 0.1) is 0 Å². The van der Waals surface area contributed by atoms with E-state index < -0.39 is 0 Å². The molecule has 0 aromatic rings. The zero-order chi connectivity index (χ0) is 10.9. The number of nitrogens with one attached hydrogen (secondary N) is 1. The molecule has 0 radical (unpaired) electrons. The van der Waals surface area contributed by atoms with Crippen LogP contribution >= 0.6 is 0 Å². The van der Waals surface area contributed by atoms with E-state index in [2.05, 4.69) is 55.3 Å². The molecule has 2 rings (SSSR count). The molecule has 1 saturated heterocycles. The summed E-state index contributed by atoms with van der Waals surface area (Å²) in [5.41, 5.74) is 0.306. The molecule has 0 spiro atoms. The van der Waals surface area contributed by atoms with Gasteiger partial charge in [0.2, 0.25) is 0 Å². The fraction of sp³-hybridized carbons (Fsp3) is 0.692. The number of hydrogen-bond acceptors (Lipinski definition) is 2. The molecule has 1 fully saturated rings. The minimum atomic E-state index is 0.306. The van der Waals surface area contributed by atoms with Gasteiger partial charge in [0.25, 0.3) is 0 Å². The normalized spacial score (nSPS) is 31.7. The minimum Gasteiger partial charge on any atom is -0.308 e. The highest BCUT2D eigenvalue weighted by Gasteiger charge is 2.36. The Hall–Kier alpha value is -0.600. The van der Waals surface area contributed by atoms with Crippen molar-refractivity contribution in [1.29, 1.82) is 0 Å². The molecule has 0 saturated carbocycles. The third kappa shape index (κ3) is 2.01. The zero-order valence-electron chi connectivity index (χ0n) is 10.0. The lowest BCUT2D eigenvalue weighted by Crippen LogP contribution is -2.62. The van der Waals surface area contributed by atoms with Gasteiger partial charge in [-0.2, -0.15) is 0 Å². The summed E-state index contributed by atoms with van der Waals surface area (Å²) < 4.78 is 0. The minimum absolute atomic E-state index is 0.306. The summed E-state index contributed by atoms with van der Waals surface area (Å²) in [5.74, 6) is 0. The molecule has 0 amide bonds. The molecule has 0 aromatic heterocycles. The molecule has 2 aliphatic rings. The van der Waals surface area contributed by atoms with Crippen LogP contribution in [-0.4, -0.2) is 35.6 Å². The predicted molar refractivity (Wildman–Crippen MR) is 64.9 cm³/mol. The summed E-state index contributed by atoms with van der Waals surface area (Å²) in [6.45, 7) is 9.23. The van der Waals surface area contributed by atoms with Crippen LogP contribution in [-0.2, 0) is 0 Å². The van der Waals surface area contributed by atoms with Crippen LogP contribution in [0.1, 0.15) is 27.2 Å². The van der Waals surface area contributed by atoms with Crippen molar-refractivity contribution in [1.82, 2.24) is 10.2 Å². The Labute approximate surface area is 93.0 Å². The maximum absolute atomic E-state index is 3.57. The fourth-order valence-corrected chi connectivity index (χ4v) is 2.49. The molecule has 1 heterocycles. The van der Waals surface area contributed by atoms with E-state index in [1.807, 2.05) is 0 Å². The number of allylic oxidation sites excluding steroid dienone is 2. The number of fused-ring (bicyclic) bond motifs is 1. The van der Waals surface area contributed by atoms with E-state index in [0.29, 0.717) is 17.6 Å². The van der Waals surface area contributed by atoms with Crippen molar-refractivity contribution in [3.05, 3.63) is 24.3 Å². The van der Waals surface area contributed by atoms with Crippen molar-refractivity contribution in [3.8, 4) is 0 Å². The van der Waals surface area contributed by atoms with Gasteiger partial charge in [-0.3, -0.25) is 4.90 Å². The van der Waals surface area contributed by atoms with Crippen molar-refractivity contribution in [2.24, 2.45) is 0 Å². The Bertz CT molecular complexity index is 278. The van der Waals surface area contributed by atoms with E-state index in [1.165, 1.54) is 6.42 Å². The summed E-state index contributed by atoms with van der Waals surface area (Å²) in [6.07, 6.45) is 10.1. The Morgan fingerprint density at radius 1 is 1.33 bits per heavy atom. The van der Waals surface area contributed by atoms with Gasteiger partial charge in [0.15, 0.2) is 0 Å². The van der Waals surface area contributed by atoms with Gasteiger partial charge in [0, 0.05) is 30.7 Å². The van der Waals surface area contributed by atoms with E-state index in [-0.39, 0.29) is 0 Å². The monoisotopic (exact) mass is 206 g/mol. The predicted octanol–water partition coefficient (Wildman–Crippen LogP) is 1.94. The highest BCUT2D eigenvalue weighted by atomic mass is 15.3. The smallest absolute Gasteiger partial charge is 0.0476 e. The number of piperazine rings is 1. The Kier molecular flexibility index (Phi) is 2.98. The fourth-order valence-electron chi connectivity index (χ4n) is 2.49. The summed E-state index contributed by atoms with van der Waals surface area (Å²) in [7, 11) is 0. The van der Waals surface area contributed by atoms with Gasteiger partial charge in [-0.1, -0.05) is 31.2 Å². The van der Waals surface area contributed by atoms with Crippen molar-refractivity contribution >= 4 is 0 Å². The van der Waals surface area contributed by atoms with Crippen LogP contribution in [0.25, 0.3) is 0 Å². The molecule has 0 aromatic carbocycles. The van der Waals surface area contributed by atoms with Gasteiger partial charge < -0.3 is 5.32 Å². The highest BCUT2D eigenvalue weighted by Crippen LogP contribution is 2.26. The standard InChI is InChI=1S/C13H22N2/c1-4-13(2,3)15-10-9-14-11-7-5-6-8-12(11)15/h5-8,11-12,14H,4,9-10H2,1-3H3. The van der Waals surface area contributed by atoms with E-state index in [4.69, 9.17) is 0 Å². The maximum atomic E-state index is 3.57. The third-order valence-corrected chi connectivity index (χ3v) is 3.84. The molecule has 2 unspecified atom stereocenters. The molecular formula is C13H22N2. The molecule has 0 bridgehead atoms. The van der Waals surface area contributed by atoms with Gasteiger partial charge in [-0.05, 0) is 20.3 Å². The number of rotatable bonds is 2. The van der Waals surface area contributed by atoms with Gasteiger partial charge in [-0.15, -0.1) is 0 Å². The number of nitrogens with zero attached hydrogens (tertiary/aromatic N) is 1. The lowest BCUT2D eigenvalue weighted by atomic mass is 9.90. The van der Waals surface area contributed by atoms with E-state index in [1.54, 1.807) is 0 Å². The summed E-state index contributed by atoms with van der Waals surface area (Å²) in [5, 5.41) is 3.57. The topological polar surface area (TPSA) is 15.3 Å². The second-order valence-corrected chi connectivity index (χ2v) is 5.10. The first-order chi connectivity index (χ1) is 7.15. The summed E-state index contributed by atoms with van der Waals surface area (Å²) in [4.78, 5) is 2.63. The average molecular weight is 206 g/mol. The summed E-state index contributed by atoms with van der Waals surface area (Å²) >= 11 is 0. The Morgan fingerprint density at radius 3 is 2.80 bits per heavy atom. The van der Waals surface area contributed by atoms with Crippen LogP contribution in [0.3, 0.4) is 0 Å². The average Bonchev–Trinajstić information content (AvgIpc) is 2.28. The lowest BCUT2D eigenvalue weighted by molar-refractivity contribution is 0.0527. The van der Waals surface area contributed by atoms with Crippen LogP contribution in [0.4, 0.5) is 0 Å². The molecule has 2 nitrogen and oxygen atoms in total. The van der Waals surface area contributed by atoms with Gasteiger partial charge in [-0.25, -0.2) is 0 Å². The highest BCUT2D eigenvalue weighted by molar-refractivity contribution is 5.22. The lowest BCUT2D eigenvalue weighted by Gasteiger charge is -2.48. The molecule has 2 atom stereocenters. The van der Waals surface area contributed by atoms with Crippen molar-refractivity contribution in [2.75, 3.05) is 13.1 Å². The van der Waals surface area contributed by atoms with Crippen LogP contribution in [0.5, 0.6) is 0 Å². The first-order valence-electron chi connectivity index (χ1n) is 6.00. The molecule has 15 heavy (non-hydrogen) atoms. The number of hydrogen-bond donors (Lipinski definition) is 1. The molecule has 84 valence electrons. The molecule has 1 aliphatic carbocycles. The van der Waals surface area contributed by atoms with E-state index in [0.717, 1.165) is 13.1 Å². The Morgan fingerprint density at radius 2 is 2.07 bits per heavy atom. The van der Waals surface area contributed by atoms with Crippen molar-refractivity contribution in [2.45, 2.75) is 44.8 Å². The van der Waals surface area contributed by atoms with Gasteiger partial charge in [0.05, 0.1) is 0 Å². The van der Waals surface area contributed by atoms with Crippen molar-refractivity contribution < 1.29 is 0 Å². The Balaban J connectivity index is 2.18. The molecule has 1 aliphatic heterocycles. The van der Waals surface area contributed by atoms with E-state index >= 15 is 0 Å². The largest absolute Gasteiger partial charge is 0.308 e. The SMILES string of the molecule is CCC(C)(C)N1CCNC2C=CC=CC21. The van der Waals surface area contributed by atoms with Gasteiger partial charge in [0.1, 0.15) is 0 Å². The summed E-state index contributed by atoms with van der Waals surface area (Å²) in [6, 6.07) is 1.05. The molecule has 2 heteroatoms. The maximum Gasteiger partial charge on any atom is 0.0476 e. The van der Waals surface area contributed by atoms with Crippen molar-refractivity contribution in [3.63, 3.8) is 0 Å². The quantitative estimate of drug-likeness (QED) is 0.743. The first-order valence-corrected chi connectivity index (χ1v) is 6.00. The first kappa shape index (κ1) is 10.9. The third-order valence-electron chi connectivity index (χ3n) is 3.84. The van der Waals surface area contributed by atoms with E-state index in [9.17, 15) is 0 Å². The van der Waals surface area contributed by atoms with Gasteiger partial charge >= 0.3 is 0 Å². The van der Waals surface area contributed by atoms with Crippen LogP contribution in [0.15, 0.2) is 24.3 Å².